The Bertz CT molecular complexity index is 1060. The summed E-state index contributed by atoms with van der Waals surface area (Å²) in [6.45, 7) is 13.3. The van der Waals surface area contributed by atoms with Crippen molar-refractivity contribution in [1.82, 2.24) is 5.32 Å². The molecule has 1 rings (SSSR count). The van der Waals surface area contributed by atoms with Crippen LogP contribution in [0.2, 0.25) is 0 Å². The fourth-order valence-corrected chi connectivity index (χ4v) is 4.49. The predicted octanol–water partition coefficient (Wildman–Crippen LogP) is 7.29. The van der Waals surface area contributed by atoms with E-state index in [4.69, 9.17) is 0 Å². The van der Waals surface area contributed by atoms with Crippen molar-refractivity contribution in [2.45, 2.75) is 90.4 Å². The first-order valence-corrected chi connectivity index (χ1v) is 14.8. The van der Waals surface area contributed by atoms with Gasteiger partial charge < -0.3 is 10.2 Å². The summed E-state index contributed by atoms with van der Waals surface area (Å²) < 4.78 is 32.5. The number of hydrogen-bond donors (Lipinski definition) is 2. The second kappa shape index (κ2) is 17.8. The molecule has 1 aromatic carbocycles. The minimum Gasteiger partial charge on any atom is -0.356 e. The maximum Gasteiger partial charge on any atom is 0.294 e. The summed E-state index contributed by atoms with van der Waals surface area (Å²) in [5.41, 5.74) is 3.62. The predicted molar refractivity (Wildman–Crippen MR) is 155 cm³/mol. The number of benzene rings is 1. The Morgan fingerprint density at radius 3 is 2.38 bits per heavy atom. The number of unbranched alkanes of at least 4 members (excludes halogenated alkanes) is 6. The van der Waals surface area contributed by atoms with E-state index >= 15 is 0 Å². The monoisotopic (exact) mass is 530 g/mol. The average Bonchev–Trinajstić information content (AvgIpc) is 2.82. The molecule has 6 nitrogen and oxygen atoms in total. The largest absolute Gasteiger partial charge is 0.356 e. The number of hydrogen-bond acceptors (Lipinski definition) is 4. The Balaban J connectivity index is 2.75. The van der Waals surface area contributed by atoms with E-state index < -0.39 is 10.1 Å². The van der Waals surface area contributed by atoms with Gasteiger partial charge in [-0.25, -0.2) is 0 Å². The van der Waals surface area contributed by atoms with Crippen LogP contribution in [0.1, 0.15) is 84.1 Å². The number of carbonyl (C=O) groups is 1. The Morgan fingerprint density at radius 1 is 1.03 bits per heavy atom. The van der Waals surface area contributed by atoms with E-state index in [1.165, 1.54) is 37.8 Å². The van der Waals surface area contributed by atoms with Crippen LogP contribution in [0.3, 0.4) is 0 Å². The van der Waals surface area contributed by atoms with Gasteiger partial charge in [-0.15, -0.1) is 0 Å². The van der Waals surface area contributed by atoms with Gasteiger partial charge in [-0.2, -0.15) is 8.42 Å². The molecule has 206 valence electrons. The molecule has 0 aliphatic carbocycles. The maximum absolute atomic E-state index is 12.1. The van der Waals surface area contributed by atoms with Crippen LogP contribution < -0.4 is 10.2 Å². The van der Waals surface area contributed by atoms with Gasteiger partial charge in [0.05, 0.1) is 4.90 Å². The van der Waals surface area contributed by atoms with Gasteiger partial charge in [-0.1, -0.05) is 75.5 Å². The van der Waals surface area contributed by atoms with Gasteiger partial charge in [0.1, 0.15) is 0 Å². The van der Waals surface area contributed by atoms with Gasteiger partial charge >= 0.3 is 0 Å². The SMILES string of the molecule is C=C(C)/C=C/C=C/C=C(\C)N(CCCCCC(=O)NCCCCCCC)c1ccc(S(=O)(=O)O)cc1C. The highest BCUT2D eigenvalue weighted by molar-refractivity contribution is 7.85. The third kappa shape index (κ3) is 14.0. The summed E-state index contributed by atoms with van der Waals surface area (Å²) in [5.74, 6) is 0.119. The zero-order valence-electron chi connectivity index (χ0n) is 23.1. The molecule has 0 saturated carbocycles. The Morgan fingerprint density at radius 2 is 1.73 bits per heavy atom. The van der Waals surface area contributed by atoms with Crippen LogP contribution in [-0.4, -0.2) is 32.0 Å². The van der Waals surface area contributed by atoms with Crippen LogP contribution in [0.5, 0.6) is 0 Å². The molecule has 0 radical (unpaired) electrons. The van der Waals surface area contributed by atoms with Crippen LogP contribution >= 0.6 is 0 Å². The molecule has 7 heteroatoms. The minimum atomic E-state index is -4.26. The van der Waals surface area contributed by atoms with Gasteiger partial charge in [0.15, 0.2) is 0 Å². The van der Waals surface area contributed by atoms with E-state index in [-0.39, 0.29) is 10.8 Å². The summed E-state index contributed by atoms with van der Waals surface area (Å²) in [4.78, 5) is 14.1. The van der Waals surface area contributed by atoms with E-state index in [0.717, 1.165) is 61.3 Å². The van der Waals surface area contributed by atoms with E-state index in [1.54, 1.807) is 6.07 Å². The quantitative estimate of drug-likeness (QED) is 0.118. The van der Waals surface area contributed by atoms with E-state index in [0.29, 0.717) is 6.42 Å². The summed E-state index contributed by atoms with van der Waals surface area (Å²) >= 11 is 0. The van der Waals surface area contributed by atoms with E-state index in [1.807, 2.05) is 51.2 Å². The lowest BCUT2D eigenvalue weighted by molar-refractivity contribution is -0.121. The number of nitrogens with zero attached hydrogens (tertiary/aromatic N) is 1. The van der Waals surface area contributed by atoms with Crippen molar-refractivity contribution in [1.29, 1.82) is 0 Å². The molecule has 0 heterocycles. The molecule has 0 bridgehead atoms. The highest BCUT2D eigenvalue weighted by Crippen LogP contribution is 2.27. The standard InChI is InChI=1S/C30H46N2O4S/c1-6-7-8-9-15-22-31-30(33)19-14-11-16-23-32(27(5)18-13-10-12-17-25(2)3)29-21-20-28(24-26(29)4)37(34,35)36/h10,12-13,17-18,20-21,24H,2,6-9,11,14-16,19,22-23H2,1,3-5H3,(H,31,33)(H,34,35,36)/b13-10+,17-12+,27-18+. The van der Waals surface area contributed by atoms with Gasteiger partial charge in [0.25, 0.3) is 10.1 Å². The Labute approximate surface area is 225 Å². The zero-order chi connectivity index (χ0) is 27.7. The number of rotatable bonds is 18. The molecule has 0 aromatic heterocycles. The fourth-order valence-electron chi connectivity index (χ4n) is 3.92. The van der Waals surface area contributed by atoms with Gasteiger partial charge in [-0.3, -0.25) is 9.35 Å². The van der Waals surface area contributed by atoms with E-state index in [2.05, 4.69) is 23.7 Å². The summed E-state index contributed by atoms with van der Waals surface area (Å²) in [6, 6.07) is 4.65. The second-order valence-electron chi connectivity index (χ2n) is 9.55. The maximum atomic E-state index is 12.1. The fraction of sp³-hybridized carbons (Fsp3) is 0.500. The molecule has 0 aliphatic rings. The topological polar surface area (TPSA) is 86.7 Å². The molecule has 2 N–H and O–H groups in total. The highest BCUT2D eigenvalue weighted by atomic mass is 32.2. The van der Waals surface area contributed by atoms with Crippen molar-refractivity contribution in [3.05, 3.63) is 72.0 Å². The van der Waals surface area contributed by atoms with Gasteiger partial charge in [0.2, 0.25) is 5.91 Å². The lowest BCUT2D eigenvalue weighted by Crippen LogP contribution is -2.25. The first-order valence-electron chi connectivity index (χ1n) is 13.4. The van der Waals surface area contributed by atoms with Crippen molar-refractivity contribution in [2.24, 2.45) is 0 Å². The van der Waals surface area contributed by atoms with Crippen LogP contribution in [0.25, 0.3) is 0 Å². The van der Waals surface area contributed by atoms with Crippen molar-refractivity contribution in [2.75, 3.05) is 18.0 Å². The Hall–Kier alpha value is -2.64. The molecule has 0 saturated heterocycles. The first-order chi connectivity index (χ1) is 17.6. The van der Waals surface area contributed by atoms with Crippen LogP contribution in [-0.2, 0) is 14.9 Å². The zero-order valence-corrected chi connectivity index (χ0v) is 23.9. The Kier molecular flexibility index (Phi) is 15.5. The number of aryl methyl sites for hydroxylation is 1. The summed E-state index contributed by atoms with van der Waals surface area (Å²) in [6.07, 6.45) is 18.8. The molecule has 1 amide bonds. The summed E-state index contributed by atoms with van der Waals surface area (Å²) in [5, 5.41) is 3.02. The van der Waals surface area contributed by atoms with Crippen LogP contribution in [0.15, 0.2) is 71.3 Å². The molecule has 37 heavy (non-hydrogen) atoms. The van der Waals surface area contributed by atoms with Crippen molar-refractivity contribution in [3.63, 3.8) is 0 Å². The van der Waals surface area contributed by atoms with Crippen molar-refractivity contribution >= 4 is 21.7 Å². The number of amides is 1. The van der Waals surface area contributed by atoms with Crippen molar-refractivity contribution < 1.29 is 17.8 Å². The lowest BCUT2D eigenvalue weighted by Gasteiger charge is -2.27. The van der Waals surface area contributed by atoms with E-state index in [9.17, 15) is 17.8 Å². The average molecular weight is 531 g/mol. The minimum absolute atomic E-state index is 0.114. The molecule has 0 aliphatic heterocycles. The molecular formula is C30H46N2O4S. The normalized spacial score (nSPS) is 12.4. The third-order valence-corrected chi connectivity index (χ3v) is 6.86. The van der Waals surface area contributed by atoms with Gasteiger partial charge in [0, 0.05) is 30.9 Å². The van der Waals surface area contributed by atoms with Crippen LogP contribution in [0.4, 0.5) is 5.69 Å². The third-order valence-electron chi connectivity index (χ3n) is 6.01. The molecule has 1 aromatic rings. The molecule has 0 fully saturated rings. The number of anilines is 1. The number of allylic oxidation sites excluding steroid dienone is 7. The van der Waals surface area contributed by atoms with Gasteiger partial charge in [-0.05, 0) is 69.9 Å². The highest BCUT2D eigenvalue weighted by Gasteiger charge is 2.15. The molecule has 0 atom stereocenters. The van der Waals surface area contributed by atoms with Crippen molar-refractivity contribution in [3.8, 4) is 0 Å². The summed E-state index contributed by atoms with van der Waals surface area (Å²) in [7, 11) is -4.26. The molecule has 0 spiro atoms. The number of nitrogens with one attached hydrogen (secondary N) is 1. The second-order valence-corrected chi connectivity index (χ2v) is 11.0. The smallest absolute Gasteiger partial charge is 0.294 e. The molecule has 0 unspecified atom stereocenters. The lowest BCUT2D eigenvalue weighted by atomic mass is 10.1. The molecular weight excluding hydrogens is 484 g/mol. The van der Waals surface area contributed by atoms with Crippen LogP contribution in [0, 0.1) is 6.92 Å². The first kappa shape index (κ1) is 32.4. The number of carbonyl (C=O) groups excluding carboxylic acids is 1.